The van der Waals surface area contributed by atoms with Crippen LogP contribution in [0.2, 0.25) is 25.7 Å². The fourth-order valence-electron chi connectivity index (χ4n) is 2.54. The molecule has 1 rings (SSSR count). The van der Waals surface area contributed by atoms with E-state index in [4.69, 9.17) is 9.47 Å². The minimum atomic E-state index is -1.27. The van der Waals surface area contributed by atoms with Crippen LogP contribution in [0.1, 0.15) is 52.9 Å². The van der Waals surface area contributed by atoms with Gasteiger partial charge >= 0.3 is 12.2 Å². The smallest absolute Gasteiger partial charge is 0.429 e. The van der Waals surface area contributed by atoms with E-state index >= 15 is 0 Å². The fourth-order valence-corrected chi connectivity index (χ4v) is 3.25. The molecule has 1 saturated carbocycles. The average molecular weight is 359 g/mol. The third-order valence-electron chi connectivity index (χ3n) is 3.82. The molecule has 0 aromatic heterocycles. The minimum absolute atomic E-state index is 0.0225. The van der Waals surface area contributed by atoms with Crippen LogP contribution in [0.25, 0.3) is 0 Å². The van der Waals surface area contributed by atoms with E-state index in [1.165, 1.54) is 11.4 Å². The highest BCUT2D eigenvalue weighted by molar-refractivity contribution is 6.76. The quantitative estimate of drug-likeness (QED) is 0.592. The molecule has 0 aromatic rings. The Morgan fingerprint density at radius 1 is 1.12 bits per heavy atom. The molecule has 0 heterocycles. The zero-order valence-electron chi connectivity index (χ0n) is 16.1. The first kappa shape index (κ1) is 20.8. The first-order valence-electron chi connectivity index (χ1n) is 8.93. The first-order chi connectivity index (χ1) is 11.0. The highest BCUT2D eigenvalue weighted by Gasteiger charge is 2.30. The largest absolute Gasteiger partial charge is 0.448 e. The summed E-state index contributed by atoms with van der Waals surface area (Å²) in [6.07, 6.45) is 3.93. The number of rotatable bonds is 4. The number of amides is 2. The monoisotopic (exact) mass is 358 g/mol. The Hall–Kier alpha value is -1.24. The van der Waals surface area contributed by atoms with Crippen LogP contribution in [-0.2, 0) is 9.47 Å². The average Bonchev–Trinajstić information content (AvgIpc) is 2.42. The summed E-state index contributed by atoms with van der Waals surface area (Å²) in [5, 5.41) is 1.34. The summed E-state index contributed by atoms with van der Waals surface area (Å²) < 4.78 is 10.7. The molecule has 1 aliphatic rings. The molecule has 2 amide bonds. The van der Waals surface area contributed by atoms with Gasteiger partial charge in [0, 0.05) is 8.07 Å². The second-order valence-electron chi connectivity index (χ2n) is 8.70. The van der Waals surface area contributed by atoms with Gasteiger partial charge in [0.05, 0.1) is 12.6 Å². The molecule has 0 spiro atoms. The lowest BCUT2D eigenvalue weighted by Crippen LogP contribution is -2.53. The molecule has 6 nitrogen and oxygen atoms in total. The van der Waals surface area contributed by atoms with Gasteiger partial charge in [0.25, 0.3) is 0 Å². The summed E-state index contributed by atoms with van der Waals surface area (Å²) in [7, 11) is -1.27. The topological polar surface area (TPSA) is 67.9 Å². The van der Waals surface area contributed by atoms with Crippen molar-refractivity contribution in [1.82, 2.24) is 10.4 Å². The van der Waals surface area contributed by atoms with E-state index in [9.17, 15) is 9.59 Å². The fraction of sp³-hybridized carbons (Fsp3) is 0.882. The van der Waals surface area contributed by atoms with Gasteiger partial charge in [-0.25, -0.2) is 20.0 Å². The molecular weight excluding hydrogens is 324 g/mol. The first-order valence-corrected chi connectivity index (χ1v) is 12.6. The lowest BCUT2D eigenvalue weighted by molar-refractivity contribution is 0.0149. The predicted molar refractivity (Wildman–Crippen MR) is 97.6 cm³/mol. The summed E-state index contributed by atoms with van der Waals surface area (Å²) >= 11 is 0. The standard InChI is InChI=1S/C17H34N2O4Si/c1-17(2,3)23-15(20)18-19(14-10-8-7-9-11-14)16(21)22-12-13-24(4,5)6/h14H,7-13H2,1-6H3,(H,18,20). The number of nitrogens with zero attached hydrogens (tertiary/aromatic N) is 1. The van der Waals surface area contributed by atoms with Gasteiger partial charge in [-0.2, -0.15) is 0 Å². The van der Waals surface area contributed by atoms with Crippen molar-refractivity contribution in [3.05, 3.63) is 0 Å². The molecule has 0 aliphatic heterocycles. The molecule has 1 aliphatic carbocycles. The van der Waals surface area contributed by atoms with Crippen LogP contribution in [0.4, 0.5) is 9.59 Å². The highest BCUT2D eigenvalue weighted by Crippen LogP contribution is 2.22. The van der Waals surface area contributed by atoms with Crippen molar-refractivity contribution in [2.75, 3.05) is 6.61 Å². The number of nitrogens with one attached hydrogen (secondary N) is 1. The number of carbonyl (C=O) groups excluding carboxylic acids is 2. The van der Waals surface area contributed by atoms with Crippen LogP contribution in [0.15, 0.2) is 0 Å². The van der Waals surface area contributed by atoms with Crippen molar-refractivity contribution in [2.45, 2.75) is 90.2 Å². The van der Waals surface area contributed by atoms with E-state index < -0.39 is 25.9 Å². The van der Waals surface area contributed by atoms with Crippen molar-refractivity contribution >= 4 is 20.3 Å². The molecule has 0 bridgehead atoms. The van der Waals surface area contributed by atoms with Crippen molar-refractivity contribution in [3.8, 4) is 0 Å². The molecule has 24 heavy (non-hydrogen) atoms. The molecule has 7 heteroatoms. The Bertz CT molecular complexity index is 423. The van der Waals surface area contributed by atoms with Crippen molar-refractivity contribution in [1.29, 1.82) is 0 Å². The molecular formula is C17H34N2O4Si. The van der Waals surface area contributed by atoms with Crippen LogP contribution in [0.5, 0.6) is 0 Å². The minimum Gasteiger partial charge on any atom is -0.448 e. The van der Waals surface area contributed by atoms with Crippen molar-refractivity contribution in [2.24, 2.45) is 0 Å². The summed E-state index contributed by atoms with van der Waals surface area (Å²) in [6.45, 7) is 12.5. The van der Waals surface area contributed by atoms with Crippen molar-refractivity contribution < 1.29 is 19.1 Å². The zero-order valence-corrected chi connectivity index (χ0v) is 17.1. The number of hydrogen-bond donors (Lipinski definition) is 1. The van der Waals surface area contributed by atoms with E-state index in [1.54, 1.807) is 20.8 Å². The molecule has 140 valence electrons. The SMILES string of the molecule is CC(C)(C)OC(=O)NN(C(=O)OCC[Si](C)(C)C)C1CCCCC1. The summed E-state index contributed by atoms with van der Waals surface area (Å²) in [6, 6.07) is 0.884. The van der Waals surface area contributed by atoms with Crippen molar-refractivity contribution in [3.63, 3.8) is 0 Å². The molecule has 0 unspecified atom stereocenters. The second-order valence-corrected chi connectivity index (χ2v) is 14.3. The molecule has 1 fully saturated rings. The van der Waals surface area contributed by atoms with Gasteiger partial charge in [0.2, 0.25) is 0 Å². The number of hydrazine groups is 1. The van der Waals surface area contributed by atoms with Gasteiger partial charge < -0.3 is 9.47 Å². The molecule has 1 N–H and O–H groups in total. The van der Waals surface area contributed by atoms with Gasteiger partial charge in [-0.05, 0) is 39.7 Å². The molecule has 0 radical (unpaired) electrons. The van der Waals surface area contributed by atoms with Gasteiger partial charge in [0.1, 0.15) is 5.60 Å². The van der Waals surface area contributed by atoms with E-state index in [0.717, 1.165) is 31.7 Å². The van der Waals surface area contributed by atoms with Crippen LogP contribution in [-0.4, -0.2) is 43.5 Å². The maximum absolute atomic E-state index is 12.5. The van der Waals surface area contributed by atoms with E-state index in [0.29, 0.717) is 6.61 Å². The maximum atomic E-state index is 12.5. The van der Waals surface area contributed by atoms with Crippen LogP contribution in [0.3, 0.4) is 0 Å². The Kier molecular flexibility index (Phi) is 7.57. The van der Waals surface area contributed by atoms with E-state index in [-0.39, 0.29) is 6.04 Å². The third-order valence-corrected chi connectivity index (χ3v) is 5.53. The Morgan fingerprint density at radius 2 is 1.71 bits per heavy atom. The number of carbonyl (C=O) groups is 2. The lowest BCUT2D eigenvalue weighted by Gasteiger charge is -2.34. The van der Waals surface area contributed by atoms with Gasteiger partial charge in [-0.3, -0.25) is 0 Å². The van der Waals surface area contributed by atoms with E-state index in [1.807, 2.05) is 0 Å². The Labute approximate surface area is 147 Å². The molecule has 0 atom stereocenters. The third kappa shape index (κ3) is 8.56. The number of ether oxygens (including phenoxy) is 2. The second kappa shape index (κ2) is 8.74. The van der Waals surface area contributed by atoms with E-state index in [2.05, 4.69) is 25.1 Å². The summed E-state index contributed by atoms with van der Waals surface area (Å²) in [5.41, 5.74) is 1.99. The lowest BCUT2D eigenvalue weighted by atomic mass is 9.95. The Balaban J connectivity index is 2.66. The van der Waals surface area contributed by atoms with Crippen LogP contribution < -0.4 is 5.43 Å². The highest BCUT2D eigenvalue weighted by atomic mass is 28.3. The summed E-state index contributed by atoms with van der Waals surface area (Å²) in [4.78, 5) is 24.6. The molecule has 0 saturated heterocycles. The van der Waals surface area contributed by atoms with Gasteiger partial charge in [0.15, 0.2) is 0 Å². The maximum Gasteiger partial charge on any atom is 0.429 e. The van der Waals surface area contributed by atoms with Gasteiger partial charge in [-0.1, -0.05) is 38.9 Å². The zero-order chi connectivity index (χ0) is 18.4. The summed E-state index contributed by atoms with van der Waals surface area (Å²) in [5.74, 6) is 0. The van der Waals surface area contributed by atoms with Crippen LogP contribution >= 0.6 is 0 Å². The normalized spacial score (nSPS) is 16.4. The molecule has 0 aromatic carbocycles. The number of hydrogen-bond acceptors (Lipinski definition) is 4. The Morgan fingerprint density at radius 3 is 2.21 bits per heavy atom. The van der Waals surface area contributed by atoms with Crippen LogP contribution in [0, 0.1) is 0 Å². The van der Waals surface area contributed by atoms with Gasteiger partial charge in [-0.15, -0.1) is 0 Å². The predicted octanol–water partition coefficient (Wildman–Crippen LogP) is 4.54.